The predicted octanol–water partition coefficient (Wildman–Crippen LogP) is 6.46. The topological polar surface area (TPSA) is 78.6 Å². The van der Waals surface area contributed by atoms with Gasteiger partial charge in [-0.05, 0) is 63.2 Å². The molecule has 0 radical (unpaired) electrons. The summed E-state index contributed by atoms with van der Waals surface area (Å²) < 4.78 is 11.7. The second-order valence-electron chi connectivity index (χ2n) is 10.4. The quantitative estimate of drug-likeness (QED) is 0.323. The van der Waals surface area contributed by atoms with Crippen LogP contribution in [0.2, 0.25) is 0 Å². The number of ether oxygens (including phenoxy) is 2. The Morgan fingerprint density at radius 3 is 1.97 bits per heavy atom. The van der Waals surface area contributed by atoms with Crippen LogP contribution in [-0.2, 0) is 19.1 Å². The van der Waals surface area contributed by atoms with E-state index >= 15 is 0 Å². The van der Waals surface area contributed by atoms with E-state index in [9.17, 15) is 9.59 Å². The average Bonchev–Trinajstić information content (AvgIpc) is 2.78. The van der Waals surface area contributed by atoms with Gasteiger partial charge in [0.15, 0.2) is 0 Å². The highest BCUT2D eigenvalue weighted by atomic mass is 16.5. The van der Waals surface area contributed by atoms with E-state index in [1.54, 1.807) is 0 Å². The molecule has 5 heteroatoms. The second kappa shape index (κ2) is 17.5. The second-order valence-corrected chi connectivity index (χ2v) is 10.4. The molecule has 5 nitrogen and oxygen atoms in total. The van der Waals surface area contributed by atoms with Crippen molar-refractivity contribution in [3.05, 3.63) is 0 Å². The van der Waals surface area contributed by atoms with Crippen molar-refractivity contribution in [1.82, 2.24) is 0 Å². The molecule has 2 aliphatic rings. The molecular weight excluding hydrogens is 402 g/mol. The van der Waals surface area contributed by atoms with Gasteiger partial charge in [-0.1, -0.05) is 53.4 Å². The highest BCUT2D eigenvalue weighted by Gasteiger charge is 2.22. The predicted molar refractivity (Wildman–Crippen MR) is 134 cm³/mol. The van der Waals surface area contributed by atoms with Crippen molar-refractivity contribution in [1.29, 1.82) is 0 Å². The van der Waals surface area contributed by atoms with Crippen molar-refractivity contribution >= 4 is 11.7 Å². The minimum atomic E-state index is -0.244. The fourth-order valence-corrected chi connectivity index (χ4v) is 4.50. The van der Waals surface area contributed by atoms with Crippen LogP contribution in [0.4, 0.5) is 0 Å². The van der Waals surface area contributed by atoms with E-state index < -0.39 is 0 Å². The van der Waals surface area contributed by atoms with Gasteiger partial charge in [0.2, 0.25) is 5.91 Å². The van der Waals surface area contributed by atoms with Crippen molar-refractivity contribution in [2.24, 2.45) is 23.5 Å². The number of carbonyl (C=O) groups excluding carboxylic acids is 2. The molecule has 32 heavy (non-hydrogen) atoms. The van der Waals surface area contributed by atoms with Gasteiger partial charge in [-0.2, -0.15) is 0 Å². The number of ketones is 1. The Hall–Kier alpha value is -0.940. The fraction of sp³-hybridized carbons (Fsp3) is 0.926. The Labute approximate surface area is 199 Å². The van der Waals surface area contributed by atoms with E-state index in [2.05, 4.69) is 27.7 Å². The first kappa shape index (κ1) is 29.1. The molecule has 0 aromatic rings. The maximum atomic E-state index is 11.6. The Morgan fingerprint density at radius 1 is 0.906 bits per heavy atom. The molecule has 2 saturated carbocycles. The van der Waals surface area contributed by atoms with E-state index in [1.165, 1.54) is 32.1 Å². The molecule has 1 amide bonds. The van der Waals surface area contributed by atoms with E-state index in [-0.39, 0.29) is 7.33 Å². The molecule has 0 bridgehead atoms. The van der Waals surface area contributed by atoms with Crippen molar-refractivity contribution in [3.8, 4) is 0 Å². The van der Waals surface area contributed by atoms with Gasteiger partial charge in [-0.25, -0.2) is 0 Å². The summed E-state index contributed by atoms with van der Waals surface area (Å²) in [5, 5.41) is 0. The van der Waals surface area contributed by atoms with Crippen molar-refractivity contribution in [3.63, 3.8) is 0 Å². The Balaban J connectivity index is 0.000000675. The molecule has 1 unspecified atom stereocenters. The van der Waals surface area contributed by atoms with Gasteiger partial charge in [-0.3, -0.25) is 9.59 Å². The van der Waals surface area contributed by atoms with Gasteiger partial charge in [0, 0.05) is 33.4 Å². The largest absolute Gasteiger partial charge is 0.378 e. The maximum Gasteiger partial charge on any atom is 0.217 e. The molecule has 190 valence electrons. The third kappa shape index (κ3) is 14.3. The van der Waals surface area contributed by atoms with Gasteiger partial charge in [0.25, 0.3) is 0 Å². The third-order valence-corrected chi connectivity index (χ3v) is 6.87. The zero-order valence-corrected chi connectivity index (χ0v) is 21.4. The third-order valence-electron chi connectivity index (χ3n) is 6.87. The monoisotopic (exact) mass is 455 g/mol. The molecule has 2 N–H and O–H groups in total. The molecule has 0 saturated heterocycles. The first-order chi connectivity index (χ1) is 15.3. The summed E-state index contributed by atoms with van der Waals surface area (Å²) in [5.74, 6) is 2.00. The van der Waals surface area contributed by atoms with Gasteiger partial charge in [0.05, 0.1) is 12.2 Å². The summed E-state index contributed by atoms with van der Waals surface area (Å²) in [7, 11) is 0. The molecule has 0 aromatic heterocycles. The van der Waals surface area contributed by atoms with Gasteiger partial charge in [-0.15, -0.1) is 0 Å². The standard InChI is InChI=1S/C16H31NO3.C11H20O.H2/c1-3-13(2)10-12-20-15-8-6-14(7-9-15)19-11-4-5-16(17)18;1-9(2)8-11(12)10-6-4-3-5-7-10;/h13-15H,3-12H2,1-2H3,(H2,17,18);9-10H,3-8H2,1-2H3;1H. The lowest BCUT2D eigenvalue weighted by Gasteiger charge is -2.29. The van der Waals surface area contributed by atoms with Crippen LogP contribution in [0.15, 0.2) is 0 Å². The summed E-state index contributed by atoms with van der Waals surface area (Å²) >= 11 is 0. The molecule has 0 aromatic carbocycles. The minimum absolute atomic E-state index is 0. The lowest BCUT2D eigenvalue weighted by Crippen LogP contribution is -2.27. The number of hydrogen-bond donors (Lipinski definition) is 1. The van der Waals surface area contributed by atoms with Crippen LogP contribution < -0.4 is 5.73 Å². The molecule has 0 heterocycles. The molecular formula is C27H53NO4. The Bertz CT molecular complexity index is 500. The maximum absolute atomic E-state index is 11.6. The summed E-state index contributed by atoms with van der Waals surface area (Å²) in [4.78, 5) is 22.2. The fourth-order valence-electron chi connectivity index (χ4n) is 4.50. The summed E-state index contributed by atoms with van der Waals surface area (Å²) in [6, 6.07) is 0. The molecule has 2 rings (SSSR count). The summed E-state index contributed by atoms with van der Waals surface area (Å²) in [5.41, 5.74) is 5.10. The van der Waals surface area contributed by atoms with Crippen LogP contribution in [-0.4, -0.2) is 37.1 Å². The molecule has 2 fully saturated rings. The van der Waals surface area contributed by atoms with Gasteiger partial charge in [0.1, 0.15) is 5.78 Å². The molecule has 2 aliphatic carbocycles. The SMILES string of the molecule is CC(C)CC(=O)C1CCCCC1.CCC(C)CCOC1CCC(OCCCC(N)=O)CC1.[HH]. The van der Waals surface area contributed by atoms with Crippen molar-refractivity contribution < 1.29 is 20.5 Å². The highest BCUT2D eigenvalue weighted by Crippen LogP contribution is 2.26. The normalized spacial score (nSPS) is 22.8. The number of primary amides is 1. The number of nitrogens with two attached hydrogens (primary N) is 1. The lowest BCUT2D eigenvalue weighted by molar-refractivity contribution is -0.124. The van der Waals surface area contributed by atoms with Gasteiger partial charge < -0.3 is 15.2 Å². The molecule has 0 spiro atoms. The highest BCUT2D eigenvalue weighted by molar-refractivity contribution is 5.81. The zero-order chi connectivity index (χ0) is 23.8. The lowest BCUT2D eigenvalue weighted by atomic mass is 9.84. The number of rotatable bonds is 13. The number of hydrogen-bond acceptors (Lipinski definition) is 4. The molecule has 0 aliphatic heterocycles. The smallest absolute Gasteiger partial charge is 0.217 e. The van der Waals surface area contributed by atoms with Crippen molar-refractivity contribution in [2.75, 3.05) is 13.2 Å². The number of amides is 1. The summed E-state index contributed by atoms with van der Waals surface area (Å²) in [6.07, 6.45) is 15.7. The van der Waals surface area contributed by atoms with Crippen LogP contribution in [0.25, 0.3) is 0 Å². The van der Waals surface area contributed by atoms with Gasteiger partial charge >= 0.3 is 0 Å². The van der Waals surface area contributed by atoms with E-state index in [0.29, 0.717) is 42.9 Å². The van der Waals surface area contributed by atoms with E-state index in [1.807, 2.05) is 0 Å². The minimum Gasteiger partial charge on any atom is -0.378 e. The van der Waals surface area contributed by atoms with E-state index in [4.69, 9.17) is 15.2 Å². The van der Waals surface area contributed by atoms with Crippen LogP contribution in [0.3, 0.4) is 0 Å². The Morgan fingerprint density at radius 2 is 1.47 bits per heavy atom. The van der Waals surface area contributed by atoms with E-state index in [0.717, 1.165) is 63.9 Å². The van der Waals surface area contributed by atoms with Crippen LogP contribution in [0.1, 0.15) is 119 Å². The van der Waals surface area contributed by atoms with Crippen LogP contribution in [0, 0.1) is 17.8 Å². The van der Waals surface area contributed by atoms with Crippen molar-refractivity contribution in [2.45, 2.75) is 130 Å². The number of Topliss-reactive ketones (excluding diaryl/α,β-unsaturated/α-hetero) is 1. The molecule has 1 atom stereocenters. The van der Waals surface area contributed by atoms with Crippen LogP contribution >= 0.6 is 0 Å². The first-order valence-corrected chi connectivity index (χ1v) is 13.4. The van der Waals surface area contributed by atoms with Crippen LogP contribution in [0.5, 0.6) is 0 Å². The summed E-state index contributed by atoms with van der Waals surface area (Å²) in [6.45, 7) is 10.3. The average molecular weight is 456 g/mol. The number of carbonyl (C=O) groups is 2. The first-order valence-electron chi connectivity index (χ1n) is 13.4. The zero-order valence-electron chi connectivity index (χ0n) is 21.4. The Kier molecular flexibility index (Phi) is 15.9.